The Morgan fingerprint density at radius 1 is 1.18 bits per heavy atom. The molecule has 1 heterocycles. The standard InChI is InChI=1S/C17H17IN2O2/c1-20(2)15-7-5-13(6-8-15)3-4-14-11-16(18)17(19-12-14)22-10-9-21/h5-8,11-12,21H,9-10H2,1-2H3/i18-4. The summed E-state index contributed by atoms with van der Waals surface area (Å²) in [4.78, 5) is 6.27. The zero-order valence-corrected chi connectivity index (χ0v) is 14.7. The molecule has 2 aromatic rings. The zero-order chi connectivity index (χ0) is 15.9. The number of hydrogen-bond acceptors (Lipinski definition) is 4. The van der Waals surface area contributed by atoms with Crippen molar-refractivity contribution in [1.29, 1.82) is 0 Å². The molecule has 1 N–H and O–H groups in total. The molecule has 0 saturated heterocycles. The highest BCUT2D eigenvalue weighted by Gasteiger charge is 2.03. The summed E-state index contributed by atoms with van der Waals surface area (Å²) in [5, 5.41) is 8.76. The van der Waals surface area contributed by atoms with E-state index in [1.165, 1.54) is 0 Å². The minimum atomic E-state index is -0.0255. The van der Waals surface area contributed by atoms with E-state index >= 15 is 0 Å². The monoisotopic (exact) mass is 404 g/mol. The van der Waals surface area contributed by atoms with Crippen molar-refractivity contribution in [3.8, 4) is 17.7 Å². The number of halogens is 1. The van der Waals surface area contributed by atoms with Crippen LogP contribution in [0.25, 0.3) is 0 Å². The molecular formula is C17H17IN2O2. The summed E-state index contributed by atoms with van der Waals surface area (Å²) in [6.07, 6.45) is 1.68. The maximum atomic E-state index is 8.76. The Labute approximate surface area is 144 Å². The SMILES string of the molecule is CN(C)c1ccc(C#Cc2cnc(OCCO)c([123I])c2)cc1. The van der Waals surface area contributed by atoms with Crippen LogP contribution in [0.4, 0.5) is 5.69 Å². The Kier molecular flexibility index (Phi) is 6.04. The maximum Gasteiger partial charge on any atom is 0.227 e. The van der Waals surface area contributed by atoms with Crippen LogP contribution in [0.1, 0.15) is 11.1 Å². The third-order valence-corrected chi connectivity index (χ3v) is 3.65. The van der Waals surface area contributed by atoms with Crippen molar-refractivity contribution >= 4 is 28.3 Å². The lowest BCUT2D eigenvalue weighted by molar-refractivity contribution is 0.196. The van der Waals surface area contributed by atoms with E-state index in [0.717, 1.165) is 20.4 Å². The molecule has 1 aromatic carbocycles. The summed E-state index contributed by atoms with van der Waals surface area (Å²) in [5.41, 5.74) is 2.94. The van der Waals surface area contributed by atoms with Crippen molar-refractivity contribution in [1.82, 2.24) is 4.98 Å². The molecule has 0 unspecified atom stereocenters. The Morgan fingerprint density at radius 2 is 1.86 bits per heavy atom. The first-order chi connectivity index (χ1) is 10.6. The molecule has 0 amide bonds. The first-order valence-electron chi connectivity index (χ1n) is 6.79. The fraction of sp³-hybridized carbons (Fsp3) is 0.235. The van der Waals surface area contributed by atoms with Crippen molar-refractivity contribution in [2.75, 3.05) is 32.2 Å². The van der Waals surface area contributed by atoms with E-state index in [1.54, 1.807) is 6.20 Å². The van der Waals surface area contributed by atoms with E-state index in [1.807, 2.05) is 44.4 Å². The molecule has 0 saturated carbocycles. The number of anilines is 1. The van der Waals surface area contributed by atoms with Gasteiger partial charge in [0.1, 0.15) is 6.61 Å². The third kappa shape index (κ3) is 4.61. The Bertz CT molecular complexity index is 688. The summed E-state index contributed by atoms with van der Waals surface area (Å²) in [7, 11) is 4.02. The van der Waals surface area contributed by atoms with Gasteiger partial charge in [-0.15, -0.1) is 0 Å². The van der Waals surface area contributed by atoms with Crippen LogP contribution in [0.3, 0.4) is 0 Å². The van der Waals surface area contributed by atoms with Gasteiger partial charge >= 0.3 is 0 Å². The van der Waals surface area contributed by atoms with Gasteiger partial charge in [0.2, 0.25) is 5.88 Å². The second-order valence-electron chi connectivity index (χ2n) is 4.77. The molecule has 22 heavy (non-hydrogen) atoms. The topological polar surface area (TPSA) is 45.6 Å². The van der Waals surface area contributed by atoms with Crippen LogP contribution in [-0.2, 0) is 0 Å². The normalized spacial score (nSPS) is 9.82. The van der Waals surface area contributed by atoms with Crippen molar-refractivity contribution in [3.63, 3.8) is 0 Å². The Balaban J connectivity index is 2.12. The number of nitrogens with zero attached hydrogens (tertiary/aromatic N) is 2. The molecule has 0 aliphatic carbocycles. The number of ether oxygens (including phenoxy) is 1. The first kappa shape index (κ1) is 16.6. The van der Waals surface area contributed by atoms with Crippen molar-refractivity contribution in [3.05, 3.63) is 51.2 Å². The molecule has 0 fully saturated rings. The molecule has 0 aliphatic rings. The summed E-state index contributed by atoms with van der Waals surface area (Å²) in [5.74, 6) is 6.75. The van der Waals surface area contributed by atoms with E-state index in [2.05, 4.69) is 44.3 Å². The molecule has 5 heteroatoms. The van der Waals surface area contributed by atoms with Gasteiger partial charge in [-0.2, -0.15) is 0 Å². The second-order valence-corrected chi connectivity index (χ2v) is 5.94. The molecule has 4 nitrogen and oxygen atoms in total. The quantitative estimate of drug-likeness (QED) is 0.629. The molecule has 2 rings (SSSR count). The summed E-state index contributed by atoms with van der Waals surface area (Å²) >= 11 is 2.15. The van der Waals surface area contributed by atoms with Crippen molar-refractivity contribution in [2.24, 2.45) is 0 Å². The van der Waals surface area contributed by atoms with Crippen molar-refractivity contribution in [2.45, 2.75) is 0 Å². The number of aliphatic hydroxyl groups is 1. The molecule has 0 atom stereocenters. The van der Waals surface area contributed by atoms with E-state index in [0.29, 0.717) is 5.88 Å². The number of pyridine rings is 1. The highest BCUT2D eigenvalue weighted by Crippen LogP contribution is 2.18. The minimum absolute atomic E-state index is 0.0255. The lowest BCUT2D eigenvalue weighted by Crippen LogP contribution is -2.07. The number of rotatable bonds is 4. The van der Waals surface area contributed by atoms with Gasteiger partial charge in [0, 0.05) is 37.1 Å². The largest absolute Gasteiger partial charge is 0.474 e. The second kappa shape index (κ2) is 8.01. The van der Waals surface area contributed by atoms with Gasteiger partial charge in [0.15, 0.2) is 0 Å². The van der Waals surface area contributed by atoms with Gasteiger partial charge in [0.05, 0.1) is 10.2 Å². The van der Waals surface area contributed by atoms with E-state index in [9.17, 15) is 0 Å². The van der Waals surface area contributed by atoms with Gasteiger partial charge < -0.3 is 14.7 Å². The van der Waals surface area contributed by atoms with Gasteiger partial charge in [0.25, 0.3) is 0 Å². The Hall–Kier alpha value is -1.78. The fourth-order valence-corrected chi connectivity index (χ4v) is 2.36. The van der Waals surface area contributed by atoms with Crippen LogP contribution >= 0.6 is 22.6 Å². The smallest absolute Gasteiger partial charge is 0.227 e. The van der Waals surface area contributed by atoms with Crippen LogP contribution < -0.4 is 9.64 Å². The van der Waals surface area contributed by atoms with Crippen LogP contribution in [0.15, 0.2) is 36.5 Å². The van der Waals surface area contributed by atoms with E-state index in [4.69, 9.17) is 9.84 Å². The number of benzene rings is 1. The average Bonchev–Trinajstić information content (AvgIpc) is 2.52. The molecule has 0 radical (unpaired) electrons. The van der Waals surface area contributed by atoms with Gasteiger partial charge in [-0.25, -0.2) is 4.98 Å². The highest BCUT2D eigenvalue weighted by atomic mass is 123. The lowest BCUT2D eigenvalue weighted by atomic mass is 10.2. The van der Waals surface area contributed by atoms with Crippen molar-refractivity contribution < 1.29 is 9.84 Å². The lowest BCUT2D eigenvalue weighted by Gasteiger charge is -2.11. The molecule has 0 spiro atoms. The molecular weight excluding hydrogens is 387 g/mol. The molecule has 114 valence electrons. The average molecular weight is 404 g/mol. The predicted octanol–water partition coefficient (Wildman–Crippen LogP) is 2.52. The van der Waals surface area contributed by atoms with Crippen LogP contribution in [0.2, 0.25) is 0 Å². The first-order valence-corrected chi connectivity index (χ1v) is 7.86. The Morgan fingerprint density at radius 3 is 2.45 bits per heavy atom. The third-order valence-electron chi connectivity index (χ3n) is 2.87. The number of aliphatic hydroxyl groups excluding tert-OH is 1. The summed E-state index contributed by atoms with van der Waals surface area (Å²) < 4.78 is 6.19. The highest BCUT2D eigenvalue weighted by molar-refractivity contribution is 14.1. The van der Waals surface area contributed by atoms with Gasteiger partial charge in [-0.05, 0) is 52.9 Å². The zero-order valence-electron chi connectivity index (χ0n) is 12.5. The predicted molar refractivity (Wildman–Crippen MR) is 96.3 cm³/mol. The van der Waals surface area contributed by atoms with Gasteiger partial charge in [-0.1, -0.05) is 11.8 Å². The summed E-state index contributed by atoms with van der Waals surface area (Å²) in [6, 6.07) is 10.00. The molecule has 0 bridgehead atoms. The van der Waals surface area contributed by atoms with Crippen LogP contribution in [0, 0.1) is 15.4 Å². The number of aromatic nitrogens is 1. The molecule has 1 aromatic heterocycles. The van der Waals surface area contributed by atoms with E-state index in [-0.39, 0.29) is 13.2 Å². The molecule has 0 aliphatic heterocycles. The van der Waals surface area contributed by atoms with Crippen LogP contribution in [-0.4, -0.2) is 37.4 Å². The number of hydrogen-bond donors (Lipinski definition) is 1. The van der Waals surface area contributed by atoms with Gasteiger partial charge in [-0.3, -0.25) is 0 Å². The summed E-state index contributed by atoms with van der Waals surface area (Å²) in [6.45, 7) is 0.217. The minimum Gasteiger partial charge on any atom is -0.474 e. The fourth-order valence-electron chi connectivity index (χ4n) is 1.73. The van der Waals surface area contributed by atoms with Crippen LogP contribution in [0.5, 0.6) is 5.88 Å². The van der Waals surface area contributed by atoms with E-state index < -0.39 is 0 Å². The maximum absolute atomic E-state index is 8.76.